The van der Waals surface area contributed by atoms with Gasteiger partial charge in [0.15, 0.2) is 0 Å². The number of allylic oxidation sites excluding steroid dienone is 1. The van der Waals surface area contributed by atoms with E-state index in [1.165, 1.54) is 57.8 Å². The molecule has 0 aromatic carbocycles. The van der Waals surface area contributed by atoms with Crippen molar-refractivity contribution in [3.8, 4) is 0 Å². The van der Waals surface area contributed by atoms with Gasteiger partial charge in [0.2, 0.25) is 0 Å². The van der Waals surface area contributed by atoms with Crippen LogP contribution in [-0.2, 0) is 9.09 Å². The molecule has 2 saturated heterocycles. The highest BCUT2D eigenvalue weighted by molar-refractivity contribution is 7.54. The first-order valence-electron chi connectivity index (χ1n) is 15.6. The first kappa shape index (κ1) is 26.1. The van der Waals surface area contributed by atoms with Crippen LogP contribution in [0.25, 0.3) is 0 Å². The maximum Gasteiger partial charge on any atom is 0.346 e. The van der Waals surface area contributed by atoms with E-state index in [2.05, 4.69) is 50.0 Å². The molecule has 2 heterocycles. The fourth-order valence-electron chi connectivity index (χ4n) is 9.84. The van der Waals surface area contributed by atoms with Gasteiger partial charge in [0, 0.05) is 26.2 Å². The molecule has 5 heteroatoms. The van der Waals surface area contributed by atoms with Crippen LogP contribution in [0.5, 0.6) is 0 Å². The summed E-state index contributed by atoms with van der Waals surface area (Å²) in [7, 11) is -2.72. The van der Waals surface area contributed by atoms with Gasteiger partial charge < -0.3 is 4.52 Å². The van der Waals surface area contributed by atoms with Gasteiger partial charge in [-0.3, -0.25) is 4.57 Å². The van der Waals surface area contributed by atoms with Gasteiger partial charge in [0.25, 0.3) is 0 Å². The third-order valence-corrected chi connectivity index (χ3v) is 14.9. The fraction of sp³-hybridized carbons (Fsp3) is 0.935. The molecule has 36 heavy (non-hydrogen) atoms. The summed E-state index contributed by atoms with van der Waals surface area (Å²) in [6, 6.07) is 0. The highest BCUT2D eigenvalue weighted by atomic mass is 31.2. The van der Waals surface area contributed by atoms with Crippen molar-refractivity contribution in [2.24, 2.45) is 46.3 Å². The molecule has 8 atom stereocenters. The predicted molar refractivity (Wildman–Crippen MR) is 149 cm³/mol. The molecule has 5 fully saturated rings. The Morgan fingerprint density at radius 3 is 2.36 bits per heavy atom. The van der Waals surface area contributed by atoms with Crippen molar-refractivity contribution in [2.75, 3.05) is 26.2 Å². The number of fused-ring (bicyclic) bond motifs is 5. The van der Waals surface area contributed by atoms with Crippen LogP contribution in [0.4, 0.5) is 0 Å². The van der Waals surface area contributed by atoms with Gasteiger partial charge in [-0.2, -0.15) is 0 Å². The summed E-state index contributed by atoms with van der Waals surface area (Å²) in [4.78, 5) is 0. The summed E-state index contributed by atoms with van der Waals surface area (Å²) < 4.78 is 24.3. The van der Waals surface area contributed by atoms with Gasteiger partial charge in [0.05, 0.1) is 6.10 Å². The third kappa shape index (κ3) is 4.43. The van der Waals surface area contributed by atoms with E-state index in [9.17, 15) is 4.57 Å². The minimum absolute atomic E-state index is 0.143. The maximum absolute atomic E-state index is 13.6. The van der Waals surface area contributed by atoms with Crippen molar-refractivity contribution in [2.45, 2.75) is 111 Å². The standard InChI is InChI=1S/C31H53N2O2P/c1-22(2)7-6-8-23(3)27-11-12-28-26-10-9-24-21-25(35-36(34,32-17-18-32)33-19-20-33)13-15-30(24,4)29(26)14-16-31(27,28)5/h9,22-23,25-29H,6-8,10-21H2,1-5H3. The molecule has 8 unspecified atom stereocenters. The molecule has 0 spiro atoms. The Kier molecular flexibility index (Phi) is 6.88. The molecule has 0 aromatic rings. The van der Waals surface area contributed by atoms with Crippen molar-refractivity contribution < 1.29 is 9.09 Å². The van der Waals surface area contributed by atoms with Crippen molar-refractivity contribution in [1.82, 2.24) is 9.34 Å². The van der Waals surface area contributed by atoms with Gasteiger partial charge in [-0.05, 0) is 97.7 Å². The molecule has 4 nitrogen and oxygen atoms in total. The summed E-state index contributed by atoms with van der Waals surface area (Å²) >= 11 is 0. The Morgan fingerprint density at radius 2 is 1.69 bits per heavy atom. The van der Waals surface area contributed by atoms with Crippen LogP contribution in [0.3, 0.4) is 0 Å². The van der Waals surface area contributed by atoms with Crippen molar-refractivity contribution >= 4 is 7.67 Å². The smallest absolute Gasteiger partial charge is 0.302 e. The summed E-state index contributed by atoms with van der Waals surface area (Å²) in [5, 5.41) is 0. The molecule has 6 rings (SSSR count). The second kappa shape index (κ2) is 9.50. The Hall–Kier alpha value is -0.150. The first-order valence-corrected chi connectivity index (χ1v) is 17.2. The Bertz CT molecular complexity index is 894. The lowest BCUT2D eigenvalue weighted by molar-refractivity contribution is -0.0562. The van der Waals surface area contributed by atoms with Gasteiger partial charge in [-0.25, -0.2) is 9.34 Å². The van der Waals surface area contributed by atoms with E-state index >= 15 is 0 Å². The molecule has 0 N–H and O–H groups in total. The number of rotatable bonds is 9. The van der Waals surface area contributed by atoms with Crippen molar-refractivity contribution in [1.29, 1.82) is 0 Å². The van der Waals surface area contributed by atoms with E-state index in [0.717, 1.165) is 74.5 Å². The zero-order chi connectivity index (χ0) is 25.3. The normalized spacial score (nSPS) is 43.5. The van der Waals surface area contributed by atoms with Crippen molar-refractivity contribution in [3.63, 3.8) is 0 Å². The number of hydrogen-bond acceptors (Lipinski definition) is 2. The maximum atomic E-state index is 13.6. The Balaban J connectivity index is 1.14. The number of nitrogens with zero attached hydrogens (tertiary/aromatic N) is 2. The molecule has 0 bridgehead atoms. The van der Waals surface area contributed by atoms with Gasteiger partial charge >= 0.3 is 7.67 Å². The molecule has 6 aliphatic rings. The van der Waals surface area contributed by atoms with E-state index in [-0.39, 0.29) is 6.10 Å². The molecule has 2 aliphatic heterocycles. The average molecular weight is 517 g/mol. The van der Waals surface area contributed by atoms with Gasteiger partial charge in [-0.15, -0.1) is 0 Å². The highest BCUT2D eigenvalue weighted by Crippen LogP contribution is 2.68. The van der Waals surface area contributed by atoms with E-state index in [1.54, 1.807) is 5.57 Å². The lowest BCUT2D eigenvalue weighted by atomic mass is 9.47. The van der Waals surface area contributed by atoms with Crippen LogP contribution in [0.1, 0.15) is 105 Å². The Morgan fingerprint density at radius 1 is 0.972 bits per heavy atom. The second-order valence-corrected chi connectivity index (χ2v) is 17.0. The van der Waals surface area contributed by atoms with E-state index in [0.29, 0.717) is 10.8 Å². The van der Waals surface area contributed by atoms with Crippen LogP contribution in [0, 0.1) is 46.3 Å². The quantitative estimate of drug-likeness (QED) is 0.176. The van der Waals surface area contributed by atoms with Crippen LogP contribution in [0.2, 0.25) is 0 Å². The minimum atomic E-state index is -2.72. The lowest BCUT2D eigenvalue weighted by Crippen LogP contribution is -2.51. The van der Waals surface area contributed by atoms with Crippen molar-refractivity contribution in [3.05, 3.63) is 11.6 Å². The summed E-state index contributed by atoms with van der Waals surface area (Å²) in [6.07, 6.45) is 17.5. The number of hydrogen-bond donors (Lipinski definition) is 0. The van der Waals surface area contributed by atoms with Crippen LogP contribution in [0.15, 0.2) is 11.6 Å². The molecule has 0 radical (unpaired) electrons. The molecule has 4 aliphatic carbocycles. The largest absolute Gasteiger partial charge is 0.346 e. The van der Waals surface area contributed by atoms with E-state index in [1.807, 2.05) is 0 Å². The lowest BCUT2D eigenvalue weighted by Gasteiger charge is -2.58. The third-order valence-electron chi connectivity index (χ3n) is 12.1. The predicted octanol–water partition coefficient (Wildman–Crippen LogP) is 8.15. The topological polar surface area (TPSA) is 32.3 Å². The van der Waals surface area contributed by atoms with Crippen LogP contribution >= 0.6 is 7.67 Å². The van der Waals surface area contributed by atoms with E-state index in [4.69, 9.17) is 4.52 Å². The zero-order valence-electron chi connectivity index (χ0n) is 23.9. The van der Waals surface area contributed by atoms with Crippen LogP contribution in [-0.4, -0.2) is 41.6 Å². The van der Waals surface area contributed by atoms with E-state index < -0.39 is 7.67 Å². The highest BCUT2D eigenvalue weighted by Gasteiger charge is 2.59. The fourth-order valence-corrected chi connectivity index (χ4v) is 12.2. The average Bonchev–Trinajstić information content (AvgIpc) is 3.73. The molecule has 0 aromatic heterocycles. The molecular weight excluding hydrogens is 463 g/mol. The summed E-state index contributed by atoms with van der Waals surface area (Å²) in [5.41, 5.74) is 2.56. The molecular formula is C31H53N2O2P. The van der Waals surface area contributed by atoms with Gasteiger partial charge in [-0.1, -0.05) is 65.5 Å². The van der Waals surface area contributed by atoms with Crippen LogP contribution < -0.4 is 0 Å². The van der Waals surface area contributed by atoms with Gasteiger partial charge in [0.1, 0.15) is 0 Å². The monoisotopic (exact) mass is 516 g/mol. The first-order chi connectivity index (χ1) is 17.1. The minimum Gasteiger partial charge on any atom is -0.302 e. The molecule has 0 amide bonds. The SMILES string of the molecule is CC(C)CCCC(C)C1CCC2C3CC=C4CC(OP(=O)(N5CC5)N5CC5)CCC4(C)C3CCC12C. The molecule has 3 saturated carbocycles. The summed E-state index contributed by atoms with van der Waals surface area (Å²) in [6.45, 7) is 16.4. The zero-order valence-corrected chi connectivity index (χ0v) is 24.8. The Labute approximate surface area is 221 Å². The summed E-state index contributed by atoms with van der Waals surface area (Å²) in [5.74, 6) is 5.30. The second-order valence-electron chi connectivity index (χ2n) is 14.7. The molecule has 204 valence electrons.